The van der Waals surface area contributed by atoms with Gasteiger partial charge in [-0.25, -0.2) is 0 Å². The molecule has 0 saturated heterocycles. The Bertz CT molecular complexity index is 350. The number of hydrogen-bond donors (Lipinski definition) is 1. The highest BCUT2D eigenvalue weighted by Gasteiger charge is 2.14. The smallest absolute Gasteiger partial charge is 0.0325 e. The number of hydrogen-bond acceptors (Lipinski definition) is 1. The fourth-order valence-corrected chi connectivity index (χ4v) is 3.00. The minimum atomic E-state index is 0.540. The monoisotopic (exact) mass is 275 g/mol. The van der Waals surface area contributed by atoms with Crippen molar-refractivity contribution in [2.24, 2.45) is 0 Å². The van der Waals surface area contributed by atoms with E-state index in [1.165, 1.54) is 61.6 Å². The van der Waals surface area contributed by atoms with Crippen LogP contribution < -0.4 is 5.32 Å². The maximum atomic E-state index is 3.76. The molecule has 1 aromatic carbocycles. The number of nitrogens with one attached hydrogen (secondary N) is 1. The van der Waals surface area contributed by atoms with Gasteiger partial charge in [-0.3, -0.25) is 0 Å². The van der Waals surface area contributed by atoms with E-state index in [2.05, 4.69) is 51.2 Å². The van der Waals surface area contributed by atoms with Crippen molar-refractivity contribution in [1.29, 1.82) is 0 Å². The molecule has 0 aromatic heterocycles. The van der Waals surface area contributed by atoms with E-state index in [1.54, 1.807) is 0 Å². The molecule has 0 bridgehead atoms. The summed E-state index contributed by atoms with van der Waals surface area (Å²) in [6.07, 6.45) is 9.31. The molecule has 0 heterocycles. The van der Waals surface area contributed by atoms with Crippen LogP contribution in [0, 0.1) is 13.8 Å². The van der Waals surface area contributed by atoms with Gasteiger partial charge in [0.2, 0.25) is 0 Å². The highest BCUT2D eigenvalue weighted by molar-refractivity contribution is 5.36. The van der Waals surface area contributed by atoms with E-state index in [1.807, 2.05) is 0 Å². The van der Waals surface area contributed by atoms with Crippen molar-refractivity contribution in [3.8, 4) is 0 Å². The maximum absolute atomic E-state index is 3.76. The average molecular weight is 275 g/mol. The maximum Gasteiger partial charge on any atom is 0.0325 e. The third kappa shape index (κ3) is 5.66. The normalized spacial score (nSPS) is 12.6. The predicted molar refractivity (Wildman–Crippen MR) is 90.3 cm³/mol. The zero-order valence-corrected chi connectivity index (χ0v) is 14.0. The summed E-state index contributed by atoms with van der Waals surface area (Å²) < 4.78 is 0. The van der Waals surface area contributed by atoms with Gasteiger partial charge >= 0.3 is 0 Å². The number of unbranched alkanes of at least 4 members (excludes halogenated alkanes) is 4. The Kier molecular flexibility index (Phi) is 8.60. The molecule has 1 nitrogen and oxygen atoms in total. The van der Waals surface area contributed by atoms with Crippen molar-refractivity contribution >= 4 is 0 Å². The Labute approximate surface area is 126 Å². The highest BCUT2D eigenvalue weighted by Crippen LogP contribution is 2.26. The zero-order valence-electron chi connectivity index (χ0n) is 14.0. The largest absolute Gasteiger partial charge is 0.310 e. The predicted octanol–water partition coefficient (Wildman–Crippen LogP) is 5.70. The van der Waals surface area contributed by atoms with Crippen molar-refractivity contribution in [3.63, 3.8) is 0 Å². The van der Waals surface area contributed by atoms with Crippen LogP contribution in [0.5, 0.6) is 0 Å². The molecular formula is C19H33N. The lowest BCUT2D eigenvalue weighted by Crippen LogP contribution is -2.23. The molecule has 0 spiro atoms. The second-order valence-corrected chi connectivity index (χ2v) is 6.02. The standard InChI is InChI=1S/C19H33N/c1-5-7-8-9-10-14-18(20-15-6-2)19-16(3)12-11-13-17(19)4/h11-13,18,20H,5-10,14-15H2,1-4H3. The van der Waals surface area contributed by atoms with Crippen LogP contribution in [0.1, 0.15) is 81.5 Å². The zero-order chi connectivity index (χ0) is 14.8. The molecular weight excluding hydrogens is 242 g/mol. The SMILES string of the molecule is CCCCCCCC(NCCC)c1c(C)cccc1C. The molecule has 0 fully saturated rings. The van der Waals surface area contributed by atoms with Crippen molar-refractivity contribution in [3.05, 3.63) is 34.9 Å². The van der Waals surface area contributed by atoms with E-state index in [4.69, 9.17) is 0 Å². The summed E-state index contributed by atoms with van der Waals surface area (Å²) in [5.41, 5.74) is 4.41. The van der Waals surface area contributed by atoms with Gasteiger partial charge in [-0.15, -0.1) is 0 Å². The first-order valence-electron chi connectivity index (χ1n) is 8.50. The van der Waals surface area contributed by atoms with Crippen LogP contribution in [-0.2, 0) is 0 Å². The van der Waals surface area contributed by atoms with Crippen LogP contribution in [0.25, 0.3) is 0 Å². The molecule has 1 unspecified atom stereocenters. The van der Waals surface area contributed by atoms with Gasteiger partial charge in [0.15, 0.2) is 0 Å². The molecule has 1 heteroatoms. The summed E-state index contributed by atoms with van der Waals surface area (Å²) in [7, 11) is 0. The molecule has 0 amide bonds. The Morgan fingerprint density at radius 1 is 0.900 bits per heavy atom. The van der Waals surface area contributed by atoms with E-state index in [-0.39, 0.29) is 0 Å². The summed E-state index contributed by atoms with van der Waals surface area (Å²) >= 11 is 0. The lowest BCUT2D eigenvalue weighted by Gasteiger charge is -2.23. The van der Waals surface area contributed by atoms with Gasteiger partial charge < -0.3 is 5.32 Å². The fourth-order valence-electron chi connectivity index (χ4n) is 3.00. The Balaban J connectivity index is 2.63. The van der Waals surface area contributed by atoms with Crippen LogP contribution in [-0.4, -0.2) is 6.54 Å². The number of benzene rings is 1. The topological polar surface area (TPSA) is 12.0 Å². The number of rotatable bonds is 10. The molecule has 1 aromatic rings. The minimum absolute atomic E-state index is 0.540. The molecule has 0 radical (unpaired) electrons. The summed E-state index contributed by atoms with van der Waals surface area (Å²) in [5, 5.41) is 3.76. The van der Waals surface area contributed by atoms with Gasteiger partial charge in [0.1, 0.15) is 0 Å². The van der Waals surface area contributed by atoms with Gasteiger partial charge in [0.25, 0.3) is 0 Å². The lowest BCUT2D eigenvalue weighted by molar-refractivity contribution is 0.465. The molecule has 114 valence electrons. The molecule has 20 heavy (non-hydrogen) atoms. The van der Waals surface area contributed by atoms with Crippen molar-refractivity contribution in [2.75, 3.05) is 6.54 Å². The molecule has 1 N–H and O–H groups in total. The van der Waals surface area contributed by atoms with Crippen molar-refractivity contribution < 1.29 is 0 Å². The molecule has 0 aliphatic heterocycles. The van der Waals surface area contributed by atoms with Crippen molar-refractivity contribution in [1.82, 2.24) is 5.32 Å². The van der Waals surface area contributed by atoms with Gasteiger partial charge in [0.05, 0.1) is 0 Å². The van der Waals surface area contributed by atoms with Crippen LogP contribution >= 0.6 is 0 Å². The molecule has 0 aliphatic rings. The van der Waals surface area contributed by atoms with E-state index >= 15 is 0 Å². The first kappa shape index (κ1) is 17.2. The molecule has 1 atom stereocenters. The van der Waals surface area contributed by atoms with Crippen LogP contribution in [0.15, 0.2) is 18.2 Å². The molecule has 1 rings (SSSR count). The average Bonchev–Trinajstić information content (AvgIpc) is 2.43. The second kappa shape index (κ2) is 9.99. The minimum Gasteiger partial charge on any atom is -0.310 e. The van der Waals surface area contributed by atoms with Crippen LogP contribution in [0.2, 0.25) is 0 Å². The van der Waals surface area contributed by atoms with Gasteiger partial charge in [0, 0.05) is 6.04 Å². The van der Waals surface area contributed by atoms with E-state index in [0.717, 1.165) is 6.54 Å². The summed E-state index contributed by atoms with van der Waals surface area (Å²) in [6.45, 7) is 10.1. The van der Waals surface area contributed by atoms with Gasteiger partial charge in [-0.2, -0.15) is 0 Å². The molecule has 0 saturated carbocycles. The second-order valence-electron chi connectivity index (χ2n) is 6.02. The highest BCUT2D eigenvalue weighted by atomic mass is 14.9. The number of aryl methyl sites for hydroxylation is 2. The van der Waals surface area contributed by atoms with Gasteiger partial charge in [-0.1, -0.05) is 64.2 Å². The third-order valence-corrected chi connectivity index (χ3v) is 4.13. The summed E-state index contributed by atoms with van der Waals surface area (Å²) in [6, 6.07) is 7.21. The fraction of sp³-hybridized carbons (Fsp3) is 0.684. The van der Waals surface area contributed by atoms with E-state index in [9.17, 15) is 0 Å². The summed E-state index contributed by atoms with van der Waals surface area (Å²) in [5.74, 6) is 0. The Hall–Kier alpha value is -0.820. The lowest BCUT2D eigenvalue weighted by atomic mass is 9.92. The third-order valence-electron chi connectivity index (χ3n) is 4.13. The van der Waals surface area contributed by atoms with Crippen LogP contribution in [0.4, 0.5) is 0 Å². The van der Waals surface area contributed by atoms with E-state index < -0.39 is 0 Å². The molecule has 0 aliphatic carbocycles. The van der Waals surface area contributed by atoms with E-state index in [0.29, 0.717) is 6.04 Å². The van der Waals surface area contributed by atoms with Crippen LogP contribution in [0.3, 0.4) is 0 Å². The quantitative estimate of drug-likeness (QED) is 0.540. The summed E-state index contributed by atoms with van der Waals surface area (Å²) in [4.78, 5) is 0. The Morgan fingerprint density at radius 2 is 1.55 bits per heavy atom. The first-order chi connectivity index (χ1) is 9.70. The van der Waals surface area contributed by atoms with Gasteiger partial charge in [-0.05, 0) is 49.9 Å². The Morgan fingerprint density at radius 3 is 2.15 bits per heavy atom. The van der Waals surface area contributed by atoms with Crippen molar-refractivity contribution in [2.45, 2.75) is 78.7 Å². The first-order valence-corrected chi connectivity index (χ1v) is 8.50.